The Morgan fingerprint density at radius 1 is 1.43 bits per heavy atom. The Bertz CT molecular complexity index is 557. The number of carbonyl (C=O) groups excluding carboxylic acids is 2. The molecule has 0 N–H and O–H groups in total. The van der Waals surface area contributed by atoms with E-state index in [1.54, 1.807) is 35.0 Å². The number of nitrogens with zero attached hydrogens (tertiary/aromatic N) is 2. The Labute approximate surface area is 130 Å². The van der Waals surface area contributed by atoms with Crippen LogP contribution in [0.3, 0.4) is 0 Å². The van der Waals surface area contributed by atoms with Gasteiger partial charge in [-0.15, -0.1) is 0 Å². The van der Waals surface area contributed by atoms with E-state index >= 15 is 0 Å². The maximum absolute atomic E-state index is 12.6. The molecule has 1 aromatic carbocycles. The summed E-state index contributed by atoms with van der Waals surface area (Å²) in [4.78, 5) is 27.9. The van der Waals surface area contributed by atoms with Crippen LogP contribution >= 0.6 is 11.6 Å². The summed E-state index contributed by atoms with van der Waals surface area (Å²) in [6, 6.07) is 5.12. The molecule has 1 aliphatic heterocycles. The molecule has 0 spiro atoms. The van der Waals surface area contributed by atoms with Gasteiger partial charge in [-0.1, -0.05) is 25.4 Å². The lowest BCUT2D eigenvalue weighted by atomic mass is 10.1. The minimum atomic E-state index is -0.0740. The smallest absolute Gasteiger partial charge is 0.255 e. The molecule has 0 aliphatic carbocycles. The molecular formula is C16H21ClN2O2. The summed E-state index contributed by atoms with van der Waals surface area (Å²) >= 11 is 6.05. The van der Waals surface area contributed by atoms with Crippen molar-refractivity contribution in [1.29, 1.82) is 0 Å². The Balaban J connectivity index is 2.35. The zero-order valence-corrected chi connectivity index (χ0v) is 13.5. The number of hydrogen-bond acceptors (Lipinski definition) is 2. The molecule has 2 amide bonds. The highest BCUT2D eigenvalue weighted by Gasteiger charge is 2.27. The van der Waals surface area contributed by atoms with Gasteiger partial charge in [0.25, 0.3) is 5.91 Å². The molecule has 0 aromatic heterocycles. The standard InChI is InChI=1S/C16H21ClN2O2/c1-11(2)10-18(3)16(21)13-7-6-12(17)9-14(13)19-8-4-5-15(19)20/h6-7,9,11H,4-5,8,10H2,1-3H3. The second-order valence-corrected chi connectivity index (χ2v) is 6.33. The van der Waals surface area contributed by atoms with Gasteiger partial charge in [0.2, 0.25) is 5.91 Å². The van der Waals surface area contributed by atoms with Crippen LogP contribution in [0.4, 0.5) is 5.69 Å². The second kappa shape index (κ2) is 6.48. The van der Waals surface area contributed by atoms with Gasteiger partial charge in [-0.25, -0.2) is 0 Å². The fraction of sp³-hybridized carbons (Fsp3) is 0.500. The third kappa shape index (κ3) is 3.56. The molecule has 1 heterocycles. The molecule has 21 heavy (non-hydrogen) atoms. The van der Waals surface area contributed by atoms with Crippen molar-refractivity contribution >= 4 is 29.1 Å². The van der Waals surface area contributed by atoms with Gasteiger partial charge in [-0.05, 0) is 30.5 Å². The van der Waals surface area contributed by atoms with E-state index in [1.807, 2.05) is 0 Å². The average molecular weight is 309 g/mol. The number of halogens is 1. The zero-order chi connectivity index (χ0) is 15.6. The van der Waals surface area contributed by atoms with Crippen molar-refractivity contribution in [1.82, 2.24) is 4.90 Å². The summed E-state index contributed by atoms with van der Waals surface area (Å²) < 4.78 is 0. The van der Waals surface area contributed by atoms with Crippen LogP contribution in [0.1, 0.15) is 37.0 Å². The highest BCUT2D eigenvalue weighted by Crippen LogP contribution is 2.29. The Morgan fingerprint density at radius 2 is 2.14 bits per heavy atom. The van der Waals surface area contributed by atoms with Crippen molar-refractivity contribution in [2.45, 2.75) is 26.7 Å². The molecule has 0 saturated carbocycles. The van der Waals surface area contributed by atoms with Gasteiger partial charge in [0.05, 0.1) is 11.3 Å². The van der Waals surface area contributed by atoms with Crippen molar-refractivity contribution in [2.24, 2.45) is 5.92 Å². The van der Waals surface area contributed by atoms with Crippen LogP contribution in [0.2, 0.25) is 5.02 Å². The Morgan fingerprint density at radius 3 is 2.71 bits per heavy atom. The molecule has 4 nitrogen and oxygen atoms in total. The molecule has 0 radical (unpaired) electrons. The van der Waals surface area contributed by atoms with Gasteiger partial charge in [-0.2, -0.15) is 0 Å². The van der Waals surface area contributed by atoms with E-state index < -0.39 is 0 Å². The van der Waals surface area contributed by atoms with Gasteiger partial charge in [0.1, 0.15) is 0 Å². The Kier molecular flexibility index (Phi) is 4.88. The summed E-state index contributed by atoms with van der Waals surface area (Å²) in [5.74, 6) is 0.371. The number of anilines is 1. The lowest BCUT2D eigenvalue weighted by Crippen LogP contribution is -2.33. The summed E-state index contributed by atoms with van der Waals surface area (Å²) in [5, 5.41) is 0.535. The molecule has 0 bridgehead atoms. The van der Waals surface area contributed by atoms with E-state index in [9.17, 15) is 9.59 Å². The largest absolute Gasteiger partial charge is 0.341 e. The minimum Gasteiger partial charge on any atom is -0.341 e. The van der Waals surface area contributed by atoms with Crippen LogP contribution < -0.4 is 4.90 Å². The molecule has 1 saturated heterocycles. The van der Waals surface area contributed by atoms with Gasteiger partial charge < -0.3 is 9.80 Å². The van der Waals surface area contributed by atoms with E-state index in [1.165, 1.54) is 0 Å². The number of rotatable bonds is 4. The minimum absolute atomic E-state index is 0.0535. The van der Waals surface area contributed by atoms with E-state index in [-0.39, 0.29) is 11.8 Å². The highest BCUT2D eigenvalue weighted by molar-refractivity contribution is 6.31. The highest BCUT2D eigenvalue weighted by atomic mass is 35.5. The first-order chi connectivity index (χ1) is 9.90. The molecule has 0 unspecified atom stereocenters. The lowest BCUT2D eigenvalue weighted by Gasteiger charge is -2.24. The molecule has 5 heteroatoms. The van der Waals surface area contributed by atoms with E-state index in [2.05, 4.69) is 13.8 Å². The predicted octanol–water partition coefficient (Wildman–Crippen LogP) is 3.19. The maximum Gasteiger partial charge on any atom is 0.255 e. The third-order valence-electron chi connectivity index (χ3n) is 3.54. The van der Waals surface area contributed by atoms with Crippen molar-refractivity contribution < 1.29 is 9.59 Å². The molecular weight excluding hydrogens is 288 g/mol. The molecule has 1 fully saturated rings. The van der Waals surface area contributed by atoms with E-state index in [4.69, 9.17) is 11.6 Å². The Hall–Kier alpha value is -1.55. The number of carbonyl (C=O) groups is 2. The third-order valence-corrected chi connectivity index (χ3v) is 3.78. The fourth-order valence-corrected chi connectivity index (χ4v) is 2.81. The van der Waals surface area contributed by atoms with Crippen LogP contribution in [0.25, 0.3) is 0 Å². The van der Waals surface area contributed by atoms with Crippen LogP contribution in [-0.4, -0.2) is 36.9 Å². The van der Waals surface area contributed by atoms with Crippen molar-refractivity contribution in [2.75, 3.05) is 25.0 Å². The zero-order valence-electron chi connectivity index (χ0n) is 12.7. The molecule has 114 valence electrons. The summed E-state index contributed by atoms with van der Waals surface area (Å²) in [7, 11) is 1.78. The monoisotopic (exact) mass is 308 g/mol. The molecule has 2 rings (SSSR count). The normalized spacial score (nSPS) is 14.9. The first-order valence-electron chi connectivity index (χ1n) is 7.25. The van der Waals surface area contributed by atoms with Crippen molar-refractivity contribution in [3.05, 3.63) is 28.8 Å². The first-order valence-corrected chi connectivity index (χ1v) is 7.63. The SMILES string of the molecule is CC(C)CN(C)C(=O)c1ccc(Cl)cc1N1CCCC1=O. The van der Waals surface area contributed by atoms with Crippen molar-refractivity contribution in [3.8, 4) is 0 Å². The maximum atomic E-state index is 12.6. The molecule has 1 aliphatic rings. The molecule has 1 aromatic rings. The van der Waals surface area contributed by atoms with Gasteiger partial charge in [0, 0.05) is 31.6 Å². The van der Waals surface area contributed by atoms with Crippen LogP contribution in [0.15, 0.2) is 18.2 Å². The van der Waals surface area contributed by atoms with E-state index in [0.717, 1.165) is 6.42 Å². The summed E-state index contributed by atoms with van der Waals surface area (Å²) in [6.45, 7) is 5.45. The van der Waals surface area contributed by atoms with Crippen LogP contribution in [0.5, 0.6) is 0 Å². The molecule has 0 atom stereocenters. The summed E-state index contributed by atoms with van der Waals surface area (Å²) in [6.07, 6.45) is 1.35. The number of benzene rings is 1. The second-order valence-electron chi connectivity index (χ2n) is 5.89. The quantitative estimate of drug-likeness (QED) is 0.857. The van der Waals surface area contributed by atoms with Gasteiger partial charge in [0.15, 0.2) is 0 Å². The average Bonchev–Trinajstić information content (AvgIpc) is 2.83. The van der Waals surface area contributed by atoms with E-state index in [0.29, 0.717) is 41.7 Å². The number of amides is 2. The van der Waals surface area contributed by atoms with Gasteiger partial charge in [-0.3, -0.25) is 9.59 Å². The summed E-state index contributed by atoms with van der Waals surface area (Å²) in [5.41, 5.74) is 1.17. The predicted molar refractivity (Wildman–Crippen MR) is 84.8 cm³/mol. The van der Waals surface area contributed by atoms with Crippen LogP contribution in [0, 0.1) is 5.92 Å². The lowest BCUT2D eigenvalue weighted by molar-refractivity contribution is -0.117. The first kappa shape index (κ1) is 15.8. The topological polar surface area (TPSA) is 40.6 Å². The fourth-order valence-electron chi connectivity index (χ4n) is 2.65. The van der Waals surface area contributed by atoms with Crippen molar-refractivity contribution in [3.63, 3.8) is 0 Å². The van der Waals surface area contributed by atoms with Gasteiger partial charge >= 0.3 is 0 Å². The number of hydrogen-bond donors (Lipinski definition) is 0. The van der Waals surface area contributed by atoms with Crippen LogP contribution in [-0.2, 0) is 4.79 Å².